The van der Waals surface area contributed by atoms with Gasteiger partial charge >= 0.3 is 6.03 Å². The van der Waals surface area contributed by atoms with E-state index in [1.54, 1.807) is 0 Å². The predicted octanol–water partition coefficient (Wildman–Crippen LogP) is 2.53. The van der Waals surface area contributed by atoms with Gasteiger partial charge in [-0.1, -0.05) is 18.5 Å². The number of amides is 2. The van der Waals surface area contributed by atoms with Gasteiger partial charge in [-0.15, -0.1) is 0 Å². The lowest BCUT2D eigenvalue weighted by Crippen LogP contribution is -2.38. The van der Waals surface area contributed by atoms with Gasteiger partial charge < -0.3 is 15.7 Å². The van der Waals surface area contributed by atoms with Crippen LogP contribution in [0.5, 0.6) is 0 Å². The van der Waals surface area contributed by atoms with E-state index >= 15 is 0 Å². The monoisotopic (exact) mass is 301 g/mol. The molecule has 1 aromatic carbocycles. The predicted molar refractivity (Wildman–Crippen MR) is 76.0 cm³/mol. The van der Waals surface area contributed by atoms with E-state index in [-0.39, 0.29) is 29.0 Å². The minimum Gasteiger partial charge on any atom is -0.396 e. The quantitative estimate of drug-likeness (QED) is 0.554. The zero-order valence-corrected chi connectivity index (χ0v) is 11.7. The molecule has 0 aliphatic carbocycles. The van der Waals surface area contributed by atoms with Crippen LogP contribution in [0.3, 0.4) is 0 Å². The third-order valence-corrected chi connectivity index (χ3v) is 3.03. The van der Waals surface area contributed by atoms with Crippen LogP contribution >= 0.6 is 11.6 Å². The second-order valence-corrected chi connectivity index (χ2v) is 4.54. The number of nitro groups is 1. The Hall–Kier alpha value is -1.86. The van der Waals surface area contributed by atoms with Crippen molar-refractivity contribution < 1.29 is 14.8 Å². The Morgan fingerprint density at radius 3 is 2.75 bits per heavy atom. The largest absolute Gasteiger partial charge is 0.396 e. The highest BCUT2D eigenvalue weighted by molar-refractivity contribution is 6.33. The van der Waals surface area contributed by atoms with Crippen molar-refractivity contribution in [1.82, 2.24) is 5.32 Å². The highest BCUT2D eigenvalue weighted by Crippen LogP contribution is 2.26. The highest BCUT2D eigenvalue weighted by atomic mass is 35.5. The smallest absolute Gasteiger partial charge is 0.319 e. The Bertz CT molecular complexity index is 496. The molecule has 1 atom stereocenters. The summed E-state index contributed by atoms with van der Waals surface area (Å²) in [7, 11) is 0. The van der Waals surface area contributed by atoms with E-state index in [0.29, 0.717) is 12.8 Å². The van der Waals surface area contributed by atoms with Gasteiger partial charge in [0.05, 0.1) is 15.6 Å². The summed E-state index contributed by atoms with van der Waals surface area (Å²) in [5, 5.41) is 24.7. The summed E-state index contributed by atoms with van der Waals surface area (Å²) in [4.78, 5) is 21.7. The van der Waals surface area contributed by atoms with Crippen molar-refractivity contribution in [3.63, 3.8) is 0 Å². The van der Waals surface area contributed by atoms with Gasteiger partial charge in [-0.05, 0) is 18.9 Å². The molecule has 0 radical (unpaired) electrons. The van der Waals surface area contributed by atoms with Crippen LogP contribution in [-0.2, 0) is 0 Å². The molecule has 0 heterocycles. The Balaban J connectivity index is 2.68. The Morgan fingerprint density at radius 2 is 2.25 bits per heavy atom. The average molecular weight is 302 g/mol. The number of rotatable bonds is 6. The van der Waals surface area contributed by atoms with Crippen molar-refractivity contribution >= 4 is 29.0 Å². The van der Waals surface area contributed by atoms with Crippen LogP contribution in [0.2, 0.25) is 5.02 Å². The van der Waals surface area contributed by atoms with E-state index in [1.807, 2.05) is 6.92 Å². The van der Waals surface area contributed by atoms with Crippen molar-refractivity contribution in [3.8, 4) is 0 Å². The first kappa shape index (κ1) is 16.2. The van der Waals surface area contributed by atoms with Crippen molar-refractivity contribution in [3.05, 3.63) is 33.3 Å². The van der Waals surface area contributed by atoms with Crippen LogP contribution in [0.15, 0.2) is 18.2 Å². The zero-order chi connectivity index (χ0) is 15.1. The number of hydrogen-bond donors (Lipinski definition) is 3. The number of aliphatic hydroxyl groups is 1. The summed E-state index contributed by atoms with van der Waals surface area (Å²) in [5.41, 5.74) is 0.140. The summed E-state index contributed by atoms with van der Waals surface area (Å²) in [6, 6.07) is 3.18. The molecule has 0 bridgehead atoms. The molecule has 0 saturated carbocycles. The number of nitrogens with zero attached hydrogens (tertiary/aromatic N) is 1. The van der Waals surface area contributed by atoms with Crippen LogP contribution in [0, 0.1) is 10.1 Å². The molecule has 0 fully saturated rings. The van der Waals surface area contributed by atoms with E-state index in [4.69, 9.17) is 16.7 Å². The van der Waals surface area contributed by atoms with E-state index < -0.39 is 11.0 Å². The molecular weight excluding hydrogens is 286 g/mol. The van der Waals surface area contributed by atoms with Crippen molar-refractivity contribution in [2.45, 2.75) is 25.8 Å². The lowest BCUT2D eigenvalue weighted by atomic mass is 10.2. The lowest BCUT2D eigenvalue weighted by Gasteiger charge is -2.16. The van der Waals surface area contributed by atoms with Gasteiger partial charge in [0.25, 0.3) is 5.69 Å². The van der Waals surface area contributed by atoms with Gasteiger partial charge in [-0.2, -0.15) is 0 Å². The number of non-ortho nitro benzene ring substituents is 1. The molecule has 0 aliphatic heterocycles. The number of hydrogen-bond acceptors (Lipinski definition) is 4. The molecule has 1 rings (SSSR count). The van der Waals surface area contributed by atoms with E-state index in [2.05, 4.69) is 10.6 Å². The number of carbonyl (C=O) groups is 1. The number of nitrogens with one attached hydrogen (secondary N) is 2. The highest BCUT2D eigenvalue weighted by Gasteiger charge is 2.13. The van der Waals surface area contributed by atoms with E-state index in [1.165, 1.54) is 18.2 Å². The molecular formula is C12H16ClN3O4. The van der Waals surface area contributed by atoms with Crippen LogP contribution in [0.4, 0.5) is 16.2 Å². The minimum absolute atomic E-state index is 0.0168. The van der Waals surface area contributed by atoms with Gasteiger partial charge in [0.1, 0.15) is 0 Å². The maximum Gasteiger partial charge on any atom is 0.319 e. The standard InChI is InChI=1S/C12H16ClN3O4/c1-2-8(5-6-17)14-12(18)15-11-4-3-9(16(19)20)7-10(11)13/h3-4,7-8,17H,2,5-6H2,1H3,(H2,14,15,18). The fraction of sp³-hybridized carbons (Fsp3) is 0.417. The van der Waals surface area contributed by atoms with E-state index in [9.17, 15) is 14.9 Å². The number of nitro benzene ring substituents is 1. The number of urea groups is 1. The maximum absolute atomic E-state index is 11.7. The molecule has 3 N–H and O–H groups in total. The molecule has 0 aromatic heterocycles. The van der Waals surface area contributed by atoms with E-state index in [0.717, 1.165) is 0 Å². The Morgan fingerprint density at radius 1 is 1.55 bits per heavy atom. The van der Waals surface area contributed by atoms with Crippen LogP contribution in [0.25, 0.3) is 0 Å². The van der Waals surface area contributed by atoms with Crippen LogP contribution in [0.1, 0.15) is 19.8 Å². The molecule has 0 aliphatic rings. The van der Waals surface area contributed by atoms with Crippen LogP contribution < -0.4 is 10.6 Å². The van der Waals surface area contributed by atoms with Crippen molar-refractivity contribution in [2.75, 3.05) is 11.9 Å². The second-order valence-electron chi connectivity index (χ2n) is 4.14. The minimum atomic E-state index is -0.565. The number of aliphatic hydroxyl groups excluding tert-OH is 1. The van der Waals surface area contributed by atoms with Gasteiger partial charge in [0.15, 0.2) is 0 Å². The number of halogens is 1. The molecule has 0 saturated heterocycles. The first-order chi connectivity index (χ1) is 9.47. The van der Waals surface area contributed by atoms with Gasteiger partial charge in [0.2, 0.25) is 0 Å². The third kappa shape index (κ3) is 4.67. The van der Waals surface area contributed by atoms with Gasteiger partial charge in [-0.25, -0.2) is 4.79 Å². The topological polar surface area (TPSA) is 104 Å². The molecule has 8 heteroatoms. The molecule has 7 nitrogen and oxygen atoms in total. The van der Waals surface area contributed by atoms with Crippen molar-refractivity contribution in [1.29, 1.82) is 0 Å². The normalized spacial score (nSPS) is 11.8. The molecule has 20 heavy (non-hydrogen) atoms. The second kappa shape index (κ2) is 7.66. The summed E-state index contributed by atoms with van der Waals surface area (Å²) < 4.78 is 0. The van der Waals surface area contributed by atoms with Gasteiger partial charge in [0, 0.05) is 24.8 Å². The first-order valence-electron chi connectivity index (χ1n) is 6.10. The number of carbonyl (C=O) groups excluding carboxylic acids is 1. The van der Waals surface area contributed by atoms with Crippen LogP contribution in [-0.4, -0.2) is 28.7 Å². The SMILES string of the molecule is CCC(CCO)NC(=O)Nc1ccc([N+](=O)[O-])cc1Cl. The van der Waals surface area contributed by atoms with Gasteiger partial charge in [-0.3, -0.25) is 10.1 Å². The summed E-state index contributed by atoms with van der Waals surface area (Å²) >= 11 is 5.86. The lowest BCUT2D eigenvalue weighted by molar-refractivity contribution is -0.384. The maximum atomic E-state index is 11.7. The Labute approximate surface area is 121 Å². The number of benzene rings is 1. The fourth-order valence-corrected chi connectivity index (χ4v) is 1.82. The average Bonchev–Trinajstić information content (AvgIpc) is 2.40. The molecule has 110 valence electrons. The first-order valence-corrected chi connectivity index (χ1v) is 6.48. The molecule has 1 aromatic rings. The molecule has 0 spiro atoms. The summed E-state index contributed by atoms with van der Waals surface area (Å²) in [6.07, 6.45) is 1.14. The summed E-state index contributed by atoms with van der Waals surface area (Å²) in [5.74, 6) is 0. The molecule has 2 amide bonds. The van der Waals surface area contributed by atoms with Crippen molar-refractivity contribution in [2.24, 2.45) is 0 Å². The number of anilines is 1. The third-order valence-electron chi connectivity index (χ3n) is 2.72. The Kier molecular flexibility index (Phi) is 6.20. The summed E-state index contributed by atoms with van der Waals surface area (Å²) in [6.45, 7) is 1.87. The fourth-order valence-electron chi connectivity index (χ4n) is 1.60. The molecule has 1 unspecified atom stereocenters. The zero-order valence-electron chi connectivity index (χ0n) is 10.9.